The Kier molecular flexibility index (Phi) is 8.05. The molecule has 194 valence electrons. The second-order valence-corrected chi connectivity index (χ2v) is 11.1. The van der Waals surface area contributed by atoms with Crippen LogP contribution >= 0.6 is 34.5 Å². The fraction of sp³-hybridized carbons (Fsp3) is 0.357. The Bertz CT molecular complexity index is 1290. The first kappa shape index (κ1) is 26.0. The predicted molar refractivity (Wildman–Crippen MR) is 146 cm³/mol. The van der Waals surface area contributed by atoms with Gasteiger partial charge in [-0.05, 0) is 72.2 Å². The minimum Gasteiger partial charge on any atom is -0.497 e. The highest BCUT2D eigenvalue weighted by molar-refractivity contribution is 7.10. The maximum absolute atomic E-state index is 13.9. The first-order valence-electron chi connectivity index (χ1n) is 12.3. The van der Waals surface area contributed by atoms with Crippen LogP contribution in [0.2, 0.25) is 10.0 Å². The molecule has 1 fully saturated rings. The normalized spacial score (nSPS) is 18.9. The van der Waals surface area contributed by atoms with Crippen molar-refractivity contribution in [2.75, 3.05) is 33.4 Å². The fourth-order valence-corrected chi connectivity index (χ4v) is 6.51. The molecule has 3 heterocycles. The van der Waals surface area contributed by atoms with E-state index in [1.165, 1.54) is 4.88 Å². The zero-order valence-corrected chi connectivity index (χ0v) is 22.8. The number of carbonyl (C=O) groups is 2. The van der Waals surface area contributed by atoms with E-state index in [1.54, 1.807) is 59.7 Å². The number of fused-ring (bicyclic) bond motifs is 1. The lowest BCUT2D eigenvalue weighted by molar-refractivity contribution is -0.134. The van der Waals surface area contributed by atoms with Gasteiger partial charge in [0.2, 0.25) is 5.91 Å². The van der Waals surface area contributed by atoms with E-state index in [2.05, 4.69) is 6.07 Å². The zero-order valence-electron chi connectivity index (χ0n) is 20.5. The molecule has 1 saturated heterocycles. The van der Waals surface area contributed by atoms with Gasteiger partial charge in [0.1, 0.15) is 12.3 Å². The minimum absolute atomic E-state index is 0.0585. The third-order valence-corrected chi connectivity index (χ3v) is 8.48. The molecule has 2 amide bonds. The number of nitrogens with zero attached hydrogens (tertiary/aromatic N) is 2. The smallest absolute Gasteiger partial charge is 0.254 e. The first-order valence-corrected chi connectivity index (χ1v) is 13.9. The predicted octanol–water partition coefficient (Wildman–Crippen LogP) is 5.86. The molecule has 2 aromatic carbocycles. The maximum Gasteiger partial charge on any atom is 0.254 e. The number of carbonyl (C=O) groups excluding carboxylic acids is 2. The molecule has 1 aromatic heterocycles. The maximum atomic E-state index is 13.9. The van der Waals surface area contributed by atoms with Crippen molar-refractivity contribution in [1.82, 2.24) is 9.80 Å². The molecule has 9 heteroatoms. The number of amides is 2. The number of hydrogen-bond acceptors (Lipinski definition) is 5. The van der Waals surface area contributed by atoms with Crippen molar-refractivity contribution in [1.29, 1.82) is 0 Å². The van der Waals surface area contributed by atoms with Gasteiger partial charge in [0.25, 0.3) is 5.91 Å². The Hall–Kier alpha value is -2.58. The van der Waals surface area contributed by atoms with Gasteiger partial charge in [0, 0.05) is 40.2 Å². The van der Waals surface area contributed by atoms with Crippen LogP contribution in [0.5, 0.6) is 5.75 Å². The molecule has 0 radical (unpaired) electrons. The topological polar surface area (TPSA) is 59.1 Å². The van der Waals surface area contributed by atoms with E-state index < -0.39 is 0 Å². The molecule has 5 rings (SSSR count). The molecule has 0 spiro atoms. The molecular weight excluding hydrogens is 531 g/mol. The number of methoxy groups -OCH3 is 1. The van der Waals surface area contributed by atoms with Crippen LogP contribution in [0, 0.1) is 0 Å². The molecule has 0 N–H and O–H groups in total. The number of benzene rings is 2. The van der Waals surface area contributed by atoms with Crippen molar-refractivity contribution in [2.45, 2.75) is 31.4 Å². The molecule has 3 aromatic rings. The standard InChI is InChI=1S/C28H28Cl2N2O4S/c1-35-20-5-2-4-18(14-20)28(34)31(16-21-6-3-12-36-21)17-26(33)32-11-9-25-23(10-13-37-25)27(32)22-8-7-19(29)15-24(22)30/h2,4-5,7-8,10,13-15,21,27H,3,6,9,11-12,16-17H2,1H3. The highest BCUT2D eigenvalue weighted by atomic mass is 35.5. The Labute approximate surface area is 230 Å². The third-order valence-electron chi connectivity index (χ3n) is 6.92. The lowest BCUT2D eigenvalue weighted by atomic mass is 9.93. The van der Waals surface area contributed by atoms with Gasteiger partial charge in [0.15, 0.2) is 0 Å². The Morgan fingerprint density at radius 1 is 1.16 bits per heavy atom. The van der Waals surface area contributed by atoms with Gasteiger partial charge in [-0.1, -0.05) is 35.3 Å². The summed E-state index contributed by atoms with van der Waals surface area (Å²) < 4.78 is 11.1. The van der Waals surface area contributed by atoms with Gasteiger partial charge in [-0.25, -0.2) is 0 Å². The van der Waals surface area contributed by atoms with Crippen LogP contribution in [-0.4, -0.2) is 61.1 Å². The van der Waals surface area contributed by atoms with Gasteiger partial charge >= 0.3 is 0 Å². The molecule has 0 aliphatic carbocycles. The van der Waals surface area contributed by atoms with E-state index in [0.717, 1.165) is 30.4 Å². The van der Waals surface area contributed by atoms with E-state index in [-0.39, 0.29) is 30.5 Å². The highest BCUT2D eigenvalue weighted by Gasteiger charge is 2.36. The second kappa shape index (κ2) is 11.4. The van der Waals surface area contributed by atoms with Gasteiger partial charge in [-0.15, -0.1) is 11.3 Å². The monoisotopic (exact) mass is 558 g/mol. The van der Waals surface area contributed by atoms with Gasteiger partial charge in [0.05, 0.1) is 19.3 Å². The van der Waals surface area contributed by atoms with Gasteiger partial charge in [-0.3, -0.25) is 9.59 Å². The van der Waals surface area contributed by atoms with Crippen LogP contribution in [0.3, 0.4) is 0 Å². The Balaban J connectivity index is 1.45. The van der Waals surface area contributed by atoms with Crippen molar-refractivity contribution >= 4 is 46.4 Å². The van der Waals surface area contributed by atoms with Crippen molar-refractivity contribution in [3.05, 3.63) is 85.5 Å². The number of hydrogen-bond donors (Lipinski definition) is 0. The number of rotatable bonds is 7. The van der Waals surface area contributed by atoms with Crippen LogP contribution in [0.1, 0.15) is 45.2 Å². The molecule has 0 saturated carbocycles. The molecule has 2 aliphatic rings. The van der Waals surface area contributed by atoms with Crippen LogP contribution in [0.25, 0.3) is 0 Å². The summed E-state index contributed by atoms with van der Waals surface area (Å²) in [5.41, 5.74) is 2.36. The van der Waals surface area contributed by atoms with E-state index >= 15 is 0 Å². The fourth-order valence-electron chi connectivity index (χ4n) is 5.09. The van der Waals surface area contributed by atoms with Crippen molar-refractivity contribution in [2.24, 2.45) is 0 Å². The molecular formula is C28H28Cl2N2O4S. The first-order chi connectivity index (χ1) is 17.9. The molecule has 2 atom stereocenters. The largest absolute Gasteiger partial charge is 0.497 e. The molecule has 2 unspecified atom stereocenters. The summed E-state index contributed by atoms with van der Waals surface area (Å²) in [5.74, 6) is 0.229. The van der Waals surface area contributed by atoms with Crippen LogP contribution < -0.4 is 4.74 Å². The van der Waals surface area contributed by atoms with E-state index in [0.29, 0.717) is 41.1 Å². The molecule has 2 aliphatic heterocycles. The van der Waals surface area contributed by atoms with Crippen molar-refractivity contribution in [3.63, 3.8) is 0 Å². The summed E-state index contributed by atoms with van der Waals surface area (Å²) in [5, 5.41) is 3.10. The van der Waals surface area contributed by atoms with Crippen LogP contribution in [-0.2, 0) is 16.0 Å². The van der Waals surface area contributed by atoms with E-state index in [1.807, 2.05) is 16.3 Å². The SMILES string of the molecule is COc1cccc(C(=O)N(CC(=O)N2CCc3sccc3C2c2ccc(Cl)cc2Cl)CC2CCCO2)c1. The number of ether oxygens (including phenoxy) is 2. The van der Waals surface area contributed by atoms with E-state index in [4.69, 9.17) is 32.7 Å². The lowest BCUT2D eigenvalue weighted by Gasteiger charge is -2.38. The molecule has 0 bridgehead atoms. The van der Waals surface area contributed by atoms with E-state index in [9.17, 15) is 9.59 Å². The Morgan fingerprint density at radius 3 is 2.78 bits per heavy atom. The quantitative estimate of drug-likeness (QED) is 0.364. The second-order valence-electron chi connectivity index (χ2n) is 9.26. The zero-order chi connectivity index (χ0) is 25.9. The van der Waals surface area contributed by atoms with Crippen LogP contribution in [0.4, 0.5) is 0 Å². The summed E-state index contributed by atoms with van der Waals surface area (Å²) in [4.78, 5) is 32.3. The Morgan fingerprint density at radius 2 is 2.03 bits per heavy atom. The van der Waals surface area contributed by atoms with Gasteiger partial charge < -0.3 is 19.3 Å². The average molecular weight is 560 g/mol. The van der Waals surface area contributed by atoms with Crippen molar-refractivity contribution < 1.29 is 19.1 Å². The summed E-state index contributed by atoms with van der Waals surface area (Å²) in [7, 11) is 1.56. The summed E-state index contributed by atoms with van der Waals surface area (Å²) in [6.07, 6.45) is 2.48. The number of thiophene rings is 1. The third kappa shape index (κ3) is 5.65. The summed E-state index contributed by atoms with van der Waals surface area (Å²) in [6.45, 7) is 1.50. The lowest BCUT2D eigenvalue weighted by Crippen LogP contribution is -2.48. The van der Waals surface area contributed by atoms with Gasteiger partial charge in [-0.2, -0.15) is 0 Å². The average Bonchev–Trinajstić information content (AvgIpc) is 3.60. The number of halogens is 2. The van der Waals surface area contributed by atoms with Crippen molar-refractivity contribution in [3.8, 4) is 5.75 Å². The highest BCUT2D eigenvalue weighted by Crippen LogP contribution is 2.41. The summed E-state index contributed by atoms with van der Waals surface area (Å²) in [6, 6.07) is 14.1. The summed E-state index contributed by atoms with van der Waals surface area (Å²) >= 11 is 14.5. The van der Waals surface area contributed by atoms with Crippen LogP contribution in [0.15, 0.2) is 53.9 Å². The molecule has 37 heavy (non-hydrogen) atoms. The molecule has 6 nitrogen and oxygen atoms in total. The minimum atomic E-state index is -0.344.